The standard InChI is InChI=1S/C16H14ClFN4O/c1-23-15-5-4-12(7-13(15)17)22-16(20)21-9-11-3-2-10(8-19)6-14(11)18/h2-7H,9H2,1H3,(H3,20,21,22). The number of nitrogens with two attached hydrogens (primary N) is 1. The van der Waals surface area contributed by atoms with Crippen molar-refractivity contribution in [3.8, 4) is 11.8 Å². The highest BCUT2D eigenvalue weighted by Crippen LogP contribution is 2.27. The van der Waals surface area contributed by atoms with Crippen LogP contribution in [0.2, 0.25) is 5.02 Å². The van der Waals surface area contributed by atoms with E-state index in [0.29, 0.717) is 22.0 Å². The minimum absolute atomic E-state index is 0.0558. The predicted molar refractivity (Wildman–Crippen MR) is 88.1 cm³/mol. The van der Waals surface area contributed by atoms with Crippen LogP contribution in [0.25, 0.3) is 0 Å². The molecule has 3 N–H and O–H groups in total. The van der Waals surface area contributed by atoms with Gasteiger partial charge in [0, 0.05) is 11.3 Å². The maximum absolute atomic E-state index is 13.7. The number of hydrogen-bond donors (Lipinski definition) is 2. The maximum Gasteiger partial charge on any atom is 0.193 e. The summed E-state index contributed by atoms with van der Waals surface area (Å²) in [5.74, 6) is 0.176. The second-order valence-electron chi connectivity index (χ2n) is 4.59. The van der Waals surface area contributed by atoms with Crippen molar-refractivity contribution in [3.05, 3.63) is 58.4 Å². The van der Waals surface area contributed by atoms with Crippen molar-refractivity contribution >= 4 is 23.2 Å². The Labute approximate surface area is 138 Å². The first-order valence-electron chi connectivity index (χ1n) is 6.62. The summed E-state index contributed by atoms with van der Waals surface area (Å²) in [4.78, 5) is 4.06. The summed E-state index contributed by atoms with van der Waals surface area (Å²) in [6.07, 6.45) is 0. The number of methoxy groups -OCH3 is 1. The molecule has 0 amide bonds. The Morgan fingerprint density at radius 3 is 2.78 bits per heavy atom. The molecule has 2 aromatic carbocycles. The van der Waals surface area contributed by atoms with Gasteiger partial charge in [-0.1, -0.05) is 17.7 Å². The van der Waals surface area contributed by atoms with Crippen molar-refractivity contribution in [1.29, 1.82) is 5.26 Å². The van der Waals surface area contributed by atoms with Crippen molar-refractivity contribution in [3.63, 3.8) is 0 Å². The van der Waals surface area contributed by atoms with E-state index in [1.807, 2.05) is 6.07 Å². The van der Waals surface area contributed by atoms with Crippen molar-refractivity contribution < 1.29 is 9.13 Å². The van der Waals surface area contributed by atoms with Crippen LogP contribution in [-0.2, 0) is 6.54 Å². The summed E-state index contributed by atoms with van der Waals surface area (Å²) in [6.45, 7) is 0.0558. The number of halogens is 2. The van der Waals surface area contributed by atoms with E-state index in [1.165, 1.54) is 19.2 Å². The van der Waals surface area contributed by atoms with Crippen LogP contribution in [-0.4, -0.2) is 13.1 Å². The van der Waals surface area contributed by atoms with Gasteiger partial charge in [0.15, 0.2) is 5.96 Å². The zero-order chi connectivity index (χ0) is 16.8. The van der Waals surface area contributed by atoms with Gasteiger partial charge in [0.05, 0.1) is 30.3 Å². The summed E-state index contributed by atoms with van der Waals surface area (Å²) in [5, 5.41) is 12.0. The molecule has 0 bridgehead atoms. The van der Waals surface area contributed by atoms with Crippen molar-refractivity contribution in [2.75, 3.05) is 12.4 Å². The topological polar surface area (TPSA) is 83.4 Å². The Balaban J connectivity index is 2.06. The molecule has 0 fully saturated rings. The minimum atomic E-state index is -0.493. The van der Waals surface area contributed by atoms with Gasteiger partial charge in [-0.3, -0.25) is 0 Å². The van der Waals surface area contributed by atoms with Gasteiger partial charge >= 0.3 is 0 Å². The van der Waals surface area contributed by atoms with Crippen LogP contribution in [0.15, 0.2) is 41.4 Å². The van der Waals surface area contributed by atoms with Gasteiger partial charge in [-0.2, -0.15) is 5.26 Å². The monoisotopic (exact) mass is 332 g/mol. The molecule has 0 aromatic heterocycles. The first-order chi connectivity index (χ1) is 11.0. The van der Waals surface area contributed by atoms with Gasteiger partial charge in [-0.15, -0.1) is 0 Å². The van der Waals surface area contributed by atoms with Gasteiger partial charge in [0.25, 0.3) is 0 Å². The summed E-state index contributed by atoms with van der Waals surface area (Å²) in [5.41, 5.74) is 7.01. The predicted octanol–water partition coefficient (Wildman–Crippen LogP) is 3.29. The van der Waals surface area contributed by atoms with E-state index >= 15 is 0 Å². The Hall–Kier alpha value is -2.78. The third-order valence-corrected chi connectivity index (χ3v) is 3.32. The minimum Gasteiger partial charge on any atom is -0.495 e. The Morgan fingerprint density at radius 2 is 2.17 bits per heavy atom. The molecule has 5 nitrogen and oxygen atoms in total. The molecule has 0 saturated carbocycles. The van der Waals surface area contributed by atoms with Gasteiger partial charge in [-0.25, -0.2) is 9.38 Å². The lowest BCUT2D eigenvalue weighted by Crippen LogP contribution is -2.22. The fourth-order valence-corrected chi connectivity index (χ4v) is 2.10. The first-order valence-corrected chi connectivity index (χ1v) is 7.00. The Morgan fingerprint density at radius 1 is 1.39 bits per heavy atom. The van der Waals surface area contributed by atoms with Crippen LogP contribution < -0.4 is 15.8 Å². The number of ether oxygens (including phenoxy) is 1. The Kier molecular flexibility index (Phi) is 5.39. The number of guanidine groups is 1. The zero-order valence-corrected chi connectivity index (χ0v) is 13.1. The molecule has 7 heteroatoms. The number of aliphatic imine (C=N–C) groups is 1. The molecule has 2 aromatic rings. The molecular formula is C16H14ClFN4O. The second-order valence-corrected chi connectivity index (χ2v) is 5.00. The third kappa shape index (κ3) is 4.34. The number of nitrogens with one attached hydrogen (secondary N) is 1. The number of hydrogen-bond acceptors (Lipinski definition) is 3. The average molecular weight is 333 g/mol. The van der Waals surface area contributed by atoms with E-state index in [2.05, 4.69) is 10.3 Å². The molecule has 118 valence electrons. The largest absolute Gasteiger partial charge is 0.495 e. The third-order valence-electron chi connectivity index (χ3n) is 3.03. The van der Waals surface area contributed by atoms with Gasteiger partial charge < -0.3 is 15.8 Å². The second kappa shape index (κ2) is 7.47. The molecule has 2 rings (SSSR count). The SMILES string of the molecule is COc1ccc(NC(N)=NCc2ccc(C#N)cc2F)cc1Cl. The highest BCUT2D eigenvalue weighted by molar-refractivity contribution is 6.32. The molecule has 0 atom stereocenters. The molecule has 0 spiro atoms. The van der Waals surface area contributed by atoms with Crippen molar-refractivity contribution in [2.24, 2.45) is 10.7 Å². The molecule has 0 aliphatic carbocycles. The van der Waals surface area contributed by atoms with Crippen molar-refractivity contribution in [2.45, 2.75) is 6.54 Å². The Bertz CT molecular complexity index is 786. The molecule has 0 unspecified atom stereocenters. The quantitative estimate of drug-likeness (QED) is 0.664. The van der Waals surface area contributed by atoms with Gasteiger partial charge in [-0.05, 0) is 30.3 Å². The number of rotatable bonds is 4. The maximum atomic E-state index is 13.7. The highest BCUT2D eigenvalue weighted by atomic mass is 35.5. The van der Waals surface area contributed by atoms with Crippen molar-refractivity contribution in [1.82, 2.24) is 0 Å². The van der Waals surface area contributed by atoms with Crippen LogP contribution in [0, 0.1) is 17.1 Å². The normalized spacial score (nSPS) is 11.0. The van der Waals surface area contributed by atoms with Crippen LogP contribution in [0.1, 0.15) is 11.1 Å². The van der Waals surface area contributed by atoms with Gasteiger partial charge in [0.1, 0.15) is 11.6 Å². The molecule has 0 saturated heterocycles. The van der Waals surface area contributed by atoms with E-state index in [9.17, 15) is 4.39 Å². The van der Waals surface area contributed by atoms with E-state index in [1.54, 1.807) is 18.2 Å². The molecule has 0 radical (unpaired) electrons. The van der Waals surface area contributed by atoms with E-state index in [4.69, 9.17) is 27.3 Å². The lowest BCUT2D eigenvalue weighted by molar-refractivity contribution is 0.415. The fourth-order valence-electron chi connectivity index (χ4n) is 1.85. The number of nitriles is 1. The van der Waals surface area contributed by atoms with Crippen LogP contribution in [0.4, 0.5) is 10.1 Å². The van der Waals surface area contributed by atoms with Crippen LogP contribution in [0.5, 0.6) is 5.75 Å². The number of nitrogens with zero attached hydrogens (tertiary/aromatic N) is 2. The highest BCUT2D eigenvalue weighted by Gasteiger charge is 2.05. The van der Waals surface area contributed by atoms with E-state index in [-0.39, 0.29) is 18.1 Å². The molecule has 23 heavy (non-hydrogen) atoms. The summed E-state index contributed by atoms with van der Waals surface area (Å²) < 4.78 is 18.8. The summed E-state index contributed by atoms with van der Waals surface area (Å²) >= 11 is 6.01. The summed E-state index contributed by atoms with van der Waals surface area (Å²) in [7, 11) is 1.52. The van der Waals surface area contributed by atoms with E-state index in [0.717, 1.165) is 6.07 Å². The average Bonchev–Trinajstić information content (AvgIpc) is 2.53. The number of anilines is 1. The summed E-state index contributed by atoms with van der Waals surface area (Å²) in [6, 6.07) is 11.1. The zero-order valence-electron chi connectivity index (χ0n) is 12.3. The molecule has 0 aliphatic heterocycles. The van der Waals surface area contributed by atoms with Crippen LogP contribution in [0.3, 0.4) is 0 Å². The lowest BCUT2D eigenvalue weighted by atomic mass is 10.1. The lowest BCUT2D eigenvalue weighted by Gasteiger charge is -2.08. The fraction of sp³-hybridized carbons (Fsp3) is 0.125. The smallest absolute Gasteiger partial charge is 0.193 e. The number of benzene rings is 2. The van der Waals surface area contributed by atoms with E-state index < -0.39 is 5.82 Å². The first kappa shape index (κ1) is 16.6. The van der Waals surface area contributed by atoms with Gasteiger partial charge in [0.2, 0.25) is 0 Å². The van der Waals surface area contributed by atoms with Crippen LogP contribution >= 0.6 is 11.6 Å². The molecule has 0 heterocycles. The molecule has 0 aliphatic rings. The molecular weight excluding hydrogens is 319 g/mol.